The molecular formula is C17H21N3O3S2. The minimum absolute atomic E-state index is 0.233. The molecule has 0 unspecified atom stereocenters. The van der Waals surface area contributed by atoms with Crippen LogP contribution in [0.15, 0.2) is 59.5 Å². The molecule has 0 atom stereocenters. The molecule has 2 aromatic rings. The Labute approximate surface area is 153 Å². The van der Waals surface area contributed by atoms with E-state index in [9.17, 15) is 8.42 Å². The maximum absolute atomic E-state index is 12.0. The Morgan fingerprint density at radius 3 is 2.32 bits per heavy atom. The third-order valence-corrected chi connectivity index (χ3v) is 5.37. The van der Waals surface area contributed by atoms with Crippen molar-refractivity contribution in [3.63, 3.8) is 0 Å². The maximum Gasteiger partial charge on any atom is 0.242 e. The topological polar surface area (TPSA) is 70.7 Å². The van der Waals surface area contributed by atoms with Crippen molar-refractivity contribution in [2.45, 2.75) is 4.90 Å². The van der Waals surface area contributed by atoms with Gasteiger partial charge in [0.1, 0.15) is 12.4 Å². The minimum Gasteiger partial charge on any atom is -0.492 e. The summed E-state index contributed by atoms with van der Waals surface area (Å²) in [6.07, 6.45) is 0. The van der Waals surface area contributed by atoms with Crippen molar-refractivity contribution < 1.29 is 13.2 Å². The molecule has 2 rings (SSSR count). The highest BCUT2D eigenvalue weighted by Gasteiger charge is 2.16. The Morgan fingerprint density at radius 2 is 1.72 bits per heavy atom. The van der Waals surface area contributed by atoms with Crippen LogP contribution in [0.25, 0.3) is 0 Å². The van der Waals surface area contributed by atoms with E-state index in [2.05, 4.69) is 10.6 Å². The molecule has 0 radical (unpaired) electrons. The summed E-state index contributed by atoms with van der Waals surface area (Å²) in [5, 5.41) is 6.63. The molecule has 0 saturated carbocycles. The number of benzene rings is 2. The van der Waals surface area contributed by atoms with Gasteiger partial charge in [-0.1, -0.05) is 18.2 Å². The fourth-order valence-corrected chi connectivity index (χ4v) is 3.07. The summed E-state index contributed by atoms with van der Waals surface area (Å²) >= 11 is 5.20. The van der Waals surface area contributed by atoms with Crippen molar-refractivity contribution in [2.24, 2.45) is 0 Å². The second kappa shape index (κ2) is 8.80. The molecule has 6 nitrogen and oxygen atoms in total. The zero-order valence-electron chi connectivity index (χ0n) is 14.1. The van der Waals surface area contributed by atoms with Gasteiger partial charge in [-0.2, -0.15) is 0 Å². The number of nitrogens with one attached hydrogen (secondary N) is 2. The minimum atomic E-state index is -3.42. The molecule has 0 aromatic heterocycles. The molecule has 0 spiro atoms. The number of para-hydroxylation sites is 1. The van der Waals surface area contributed by atoms with E-state index in [4.69, 9.17) is 17.0 Å². The van der Waals surface area contributed by atoms with Crippen LogP contribution in [0.3, 0.4) is 0 Å². The first kappa shape index (κ1) is 19.2. The predicted molar refractivity (Wildman–Crippen MR) is 103 cm³/mol. The van der Waals surface area contributed by atoms with Crippen LogP contribution in [-0.4, -0.2) is 45.1 Å². The molecule has 25 heavy (non-hydrogen) atoms. The molecule has 2 aromatic carbocycles. The van der Waals surface area contributed by atoms with E-state index < -0.39 is 10.0 Å². The third-order valence-electron chi connectivity index (χ3n) is 3.29. The number of anilines is 1. The molecular weight excluding hydrogens is 358 g/mol. The van der Waals surface area contributed by atoms with Gasteiger partial charge in [0, 0.05) is 19.8 Å². The number of ether oxygens (including phenoxy) is 1. The van der Waals surface area contributed by atoms with Crippen molar-refractivity contribution in [1.29, 1.82) is 0 Å². The summed E-state index contributed by atoms with van der Waals surface area (Å²) < 4.78 is 30.7. The second-order valence-corrected chi connectivity index (χ2v) is 7.91. The van der Waals surface area contributed by atoms with Crippen molar-refractivity contribution in [2.75, 3.05) is 32.6 Å². The Hall–Kier alpha value is -2.16. The lowest BCUT2D eigenvalue weighted by Crippen LogP contribution is -2.31. The largest absolute Gasteiger partial charge is 0.492 e. The zero-order valence-corrected chi connectivity index (χ0v) is 15.7. The molecule has 0 fully saturated rings. The Balaban J connectivity index is 1.76. The number of hydrogen-bond donors (Lipinski definition) is 2. The summed E-state index contributed by atoms with van der Waals surface area (Å²) in [4.78, 5) is 0.233. The molecule has 8 heteroatoms. The Kier molecular flexibility index (Phi) is 6.74. The van der Waals surface area contributed by atoms with Gasteiger partial charge in [0.2, 0.25) is 10.0 Å². The standard InChI is InChI=1S/C17H21N3O3S2/c1-20(2)25(21,22)16-10-8-15(9-11-16)23-13-12-18-17(24)19-14-6-4-3-5-7-14/h3-11H,12-13H2,1-2H3,(H2,18,19,24). The predicted octanol–water partition coefficient (Wildman–Crippen LogP) is 2.30. The van der Waals surface area contributed by atoms with E-state index in [0.29, 0.717) is 24.0 Å². The smallest absolute Gasteiger partial charge is 0.242 e. The molecule has 0 saturated heterocycles. The van der Waals surface area contributed by atoms with Crippen LogP contribution < -0.4 is 15.4 Å². The number of rotatable bonds is 7. The van der Waals surface area contributed by atoms with Crippen molar-refractivity contribution in [3.05, 3.63) is 54.6 Å². The zero-order chi connectivity index (χ0) is 18.3. The first-order valence-corrected chi connectivity index (χ1v) is 9.50. The first-order chi connectivity index (χ1) is 11.9. The van der Waals surface area contributed by atoms with Crippen LogP contribution in [0.5, 0.6) is 5.75 Å². The molecule has 0 aliphatic rings. The lowest BCUT2D eigenvalue weighted by Gasteiger charge is -2.13. The number of sulfonamides is 1. The summed E-state index contributed by atoms with van der Waals surface area (Å²) in [5.74, 6) is 0.599. The fraction of sp³-hybridized carbons (Fsp3) is 0.235. The fourth-order valence-electron chi connectivity index (χ4n) is 1.95. The normalized spacial score (nSPS) is 11.2. The van der Waals surface area contributed by atoms with Gasteiger partial charge in [-0.3, -0.25) is 0 Å². The highest BCUT2D eigenvalue weighted by molar-refractivity contribution is 7.89. The van der Waals surface area contributed by atoms with E-state index in [1.165, 1.54) is 30.5 Å². The quantitative estimate of drug-likeness (QED) is 0.568. The molecule has 0 heterocycles. The van der Waals surface area contributed by atoms with Gasteiger partial charge in [-0.05, 0) is 48.6 Å². The van der Waals surface area contributed by atoms with Gasteiger partial charge < -0.3 is 15.4 Å². The van der Waals surface area contributed by atoms with E-state index in [0.717, 1.165) is 5.69 Å². The lowest BCUT2D eigenvalue weighted by molar-refractivity contribution is 0.322. The molecule has 0 aliphatic carbocycles. The summed E-state index contributed by atoms with van der Waals surface area (Å²) in [5.41, 5.74) is 0.915. The van der Waals surface area contributed by atoms with Gasteiger partial charge >= 0.3 is 0 Å². The monoisotopic (exact) mass is 379 g/mol. The van der Waals surface area contributed by atoms with Crippen LogP contribution in [0.2, 0.25) is 0 Å². The highest BCUT2D eigenvalue weighted by atomic mass is 32.2. The van der Waals surface area contributed by atoms with Crippen LogP contribution in [0.4, 0.5) is 5.69 Å². The summed E-state index contributed by atoms with van der Waals surface area (Å²) in [6.45, 7) is 0.923. The van der Waals surface area contributed by atoms with Crippen LogP contribution in [0, 0.1) is 0 Å². The van der Waals surface area contributed by atoms with Crippen LogP contribution in [0.1, 0.15) is 0 Å². The number of thiocarbonyl (C=S) groups is 1. The molecule has 0 aliphatic heterocycles. The molecule has 0 amide bonds. The van der Waals surface area contributed by atoms with E-state index in [-0.39, 0.29) is 4.90 Å². The Morgan fingerprint density at radius 1 is 1.08 bits per heavy atom. The van der Waals surface area contributed by atoms with Crippen molar-refractivity contribution >= 4 is 33.0 Å². The summed E-state index contributed by atoms with van der Waals surface area (Å²) in [6, 6.07) is 16.0. The lowest BCUT2D eigenvalue weighted by atomic mass is 10.3. The molecule has 2 N–H and O–H groups in total. The first-order valence-electron chi connectivity index (χ1n) is 7.65. The van der Waals surface area contributed by atoms with Crippen molar-refractivity contribution in [3.8, 4) is 5.75 Å². The number of nitrogens with zero attached hydrogens (tertiary/aromatic N) is 1. The van der Waals surface area contributed by atoms with Crippen LogP contribution >= 0.6 is 12.2 Å². The Bertz CT molecular complexity index is 792. The van der Waals surface area contributed by atoms with Crippen molar-refractivity contribution in [1.82, 2.24) is 9.62 Å². The SMILES string of the molecule is CN(C)S(=O)(=O)c1ccc(OCCNC(=S)Nc2ccccc2)cc1. The second-order valence-electron chi connectivity index (χ2n) is 5.35. The highest BCUT2D eigenvalue weighted by Crippen LogP contribution is 2.17. The van der Waals surface area contributed by atoms with Gasteiger partial charge in [-0.15, -0.1) is 0 Å². The van der Waals surface area contributed by atoms with Gasteiger partial charge in [0.15, 0.2) is 5.11 Å². The third kappa shape index (κ3) is 5.70. The van der Waals surface area contributed by atoms with E-state index in [1.54, 1.807) is 12.1 Å². The van der Waals surface area contributed by atoms with E-state index in [1.807, 2.05) is 30.3 Å². The average Bonchev–Trinajstić information content (AvgIpc) is 2.60. The van der Waals surface area contributed by atoms with Gasteiger partial charge in [-0.25, -0.2) is 12.7 Å². The summed E-state index contributed by atoms with van der Waals surface area (Å²) in [7, 11) is -0.424. The van der Waals surface area contributed by atoms with Gasteiger partial charge in [0.05, 0.1) is 11.4 Å². The van der Waals surface area contributed by atoms with E-state index >= 15 is 0 Å². The maximum atomic E-state index is 12.0. The molecule has 134 valence electrons. The molecule has 0 bridgehead atoms. The number of hydrogen-bond acceptors (Lipinski definition) is 4. The van der Waals surface area contributed by atoms with Crippen LogP contribution in [-0.2, 0) is 10.0 Å². The average molecular weight is 380 g/mol. The van der Waals surface area contributed by atoms with Gasteiger partial charge in [0.25, 0.3) is 0 Å².